The Hall–Kier alpha value is -1.95. The Labute approximate surface area is 137 Å². The Morgan fingerprint density at radius 1 is 1.17 bits per heavy atom. The van der Waals surface area contributed by atoms with Crippen LogP contribution >= 0.6 is 0 Å². The van der Waals surface area contributed by atoms with Gasteiger partial charge in [-0.3, -0.25) is 4.79 Å². The maximum atomic E-state index is 12.6. The van der Waals surface area contributed by atoms with Crippen LogP contribution in [0.25, 0.3) is 0 Å². The first-order valence-corrected chi connectivity index (χ1v) is 7.92. The standard InChI is InChI=1S/C17H26N2O4/c1-11(12-6-5-7-18-10-12)19-17(20)13-8-15(22-3)16(23-4)9-14(13)21-2/h8-9,11-12,18H,5-7,10H2,1-4H3,(H,19,20). The number of piperidine rings is 1. The third kappa shape index (κ3) is 4.07. The molecule has 1 heterocycles. The molecule has 23 heavy (non-hydrogen) atoms. The number of methoxy groups -OCH3 is 3. The average molecular weight is 322 g/mol. The molecule has 1 saturated heterocycles. The summed E-state index contributed by atoms with van der Waals surface area (Å²) in [7, 11) is 4.63. The van der Waals surface area contributed by atoms with Crippen molar-refractivity contribution in [1.82, 2.24) is 10.6 Å². The van der Waals surface area contributed by atoms with Crippen molar-refractivity contribution in [2.45, 2.75) is 25.8 Å². The molecule has 0 spiro atoms. The number of carbonyl (C=O) groups excluding carboxylic acids is 1. The highest BCUT2D eigenvalue weighted by Gasteiger charge is 2.24. The lowest BCUT2D eigenvalue weighted by Crippen LogP contribution is -2.44. The number of ether oxygens (including phenoxy) is 3. The zero-order valence-corrected chi connectivity index (χ0v) is 14.3. The van der Waals surface area contributed by atoms with Gasteiger partial charge in [0.15, 0.2) is 11.5 Å². The molecule has 2 rings (SSSR count). The van der Waals surface area contributed by atoms with Crippen molar-refractivity contribution in [2.75, 3.05) is 34.4 Å². The zero-order valence-electron chi connectivity index (χ0n) is 14.3. The first-order valence-electron chi connectivity index (χ1n) is 7.92. The summed E-state index contributed by atoms with van der Waals surface area (Å²) in [5.41, 5.74) is 0.445. The van der Waals surface area contributed by atoms with Crippen LogP contribution < -0.4 is 24.8 Å². The topological polar surface area (TPSA) is 68.8 Å². The quantitative estimate of drug-likeness (QED) is 0.836. The van der Waals surface area contributed by atoms with Crippen molar-refractivity contribution in [2.24, 2.45) is 5.92 Å². The molecule has 1 aromatic carbocycles. The Balaban J connectivity index is 2.17. The summed E-state index contributed by atoms with van der Waals surface area (Å²) in [6.07, 6.45) is 2.27. The fourth-order valence-electron chi connectivity index (χ4n) is 2.91. The first kappa shape index (κ1) is 17.4. The highest BCUT2D eigenvalue weighted by molar-refractivity contribution is 5.98. The maximum Gasteiger partial charge on any atom is 0.255 e. The van der Waals surface area contributed by atoms with E-state index in [9.17, 15) is 4.79 Å². The molecule has 0 aliphatic carbocycles. The number of benzene rings is 1. The fraction of sp³-hybridized carbons (Fsp3) is 0.588. The molecular weight excluding hydrogens is 296 g/mol. The summed E-state index contributed by atoms with van der Waals surface area (Å²) < 4.78 is 15.8. The molecular formula is C17H26N2O4. The molecule has 1 fully saturated rings. The van der Waals surface area contributed by atoms with Crippen molar-refractivity contribution in [3.8, 4) is 17.2 Å². The van der Waals surface area contributed by atoms with Crippen molar-refractivity contribution in [3.63, 3.8) is 0 Å². The van der Waals surface area contributed by atoms with Gasteiger partial charge in [0.2, 0.25) is 0 Å². The van der Waals surface area contributed by atoms with Crippen LogP contribution in [-0.4, -0.2) is 46.4 Å². The van der Waals surface area contributed by atoms with Gasteiger partial charge in [0.05, 0.1) is 26.9 Å². The van der Waals surface area contributed by atoms with E-state index >= 15 is 0 Å². The van der Waals surface area contributed by atoms with Gasteiger partial charge in [-0.05, 0) is 38.8 Å². The van der Waals surface area contributed by atoms with E-state index < -0.39 is 0 Å². The molecule has 0 bridgehead atoms. The first-order chi connectivity index (χ1) is 11.1. The summed E-state index contributed by atoms with van der Waals surface area (Å²) in [5, 5.41) is 6.45. The molecule has 2 unspecified atom stereocenters. The van der Waals surface area contributed by atoms with Crippen LogP contribution in [0, 0.1) is 5.92 Å². The minimum Gasteiger partial charge on any atom is -0.496 e. The molecule has 0 radical (unpaired) electrons. The van der Waals surface area contributed by atoms with Crippen LogP contribution in [0.15, 0.2) is 12.1 Å². The summed E-state index contributed by atoms with van der Waals surface area (Å²) in [5.74, 6) is 1.78. The minimum absolute atomic E-state index is 0.0908. The van der Waals surface area contributed by atoms with E-state index in [0.717, 1.165) is 25.9 Å². The number of amides is 1. The summed E-state index contributed by atoms with van der Waals surface area (Å²) >= 11 is 0. The lowest BCUT2D eigenvalue weighted by molar-refractivity contribution is 0.0918. The Kier molecular flexibility index (Phi) is 6.10. The second kappa shape index (κ2) is 8.06. The van der Waals surface area contributed by atoms with Gasteiger partial charge in [0.1, 0.15) is 5.75 Å². The number of hydrogen-bond donors (Lipinski definition) is 2. The lowest BCUT2D eigenvalue weighted by Gasteiger charge is -2.29. The van der Waals surface area contributed by atoms with Crippen LogP contribution in [0.1, 0.15) is 30.1 Å². The third-order valence-corrected chi connectivity index (χ3v) is 4.35. The summed E-state index contributed by atoms with van der Waals surface area (Å²) in [4.78, 5) is 12.6. The predicted molar refractivity (Wildman–Crippen MR) is 88.6 cm³/mol. The number of hydrogen-bond acceptors (Lipinski definition) is 5. The van der Waals surface area contributed by atoms with E-state index in [1.807, 2.05) is 6.92 Å². The van der Waals surface area contributed by atoms with Crippen LogP contribution in [0.2, 0.25) is 0 Å². The molecule has 2 N–H and O–H groups in total. The molecule has 1 aliphatic heterocycles. The van der Waals surface area contributed by atoms with E-state index in [-0.39, 0.29) is 11.9 Å². The van der Waals surface area contributed by atoms with E-state index in [4.69, 9.17) is 14.2 Å². The Bertz CT molecular complexity index is 542. The summed E-state index contributed by atoms with van der Waals surface area (Å²) in [6.45, 7) is 4.04. The summed E-state index contributed by atoms with van der Waals surface area (Å²) in [6, 6.07) is 3.41. The number of rotatable bonds is 6. The highest BCUT2D eigenvalue weighted by Crippen LogP contribution is 2.34. The van der Waals surface area contributed by atoms with Crippen molar-refractivity contribution in [3.05, 3.63) is 17.7 Å². The number of nitrogens with one attached hydrogen (secondary N) is 2. The molecule has 1 aliphatic rings. The Morgan fingerprint density at radius 3 is 2.39 bits per heavy atom. The molecule has 2 atom stereocenters. The smallest absolute Gasteiger partial charge is 0.255 e. The Morgan fingerprint density at radius 2 is 1.83 bits per heavy atom. The van der Waals surface area contributed by atoms with Gasteiger partial charge >= 0.3 is 0 Å². The minimum atomic E-state index is -0.166. The van der Waals surface area contributed by atoms with Crippen LogP contribution in [0.3, 0.4) is 0 Å². The van der Waals surface area contributed by atoms with Crippen molar-refractivity contribution >= 4 is 5.91 Å². The fourth-order valence-corrected chi connectivity index (χ4v) is 2.91. The molecule has 1 amide bonds. The van der Waals surface area contributed by atoms with Gasteiger partial charge in [0.25, 0.3) is 5.91 Å². The maximum absolute atomic E-state index is 12.6. The normalized spacial score (nSPS) is 18.9. The number of carbonyl (C=O) groups is 1. The largest absolute Gasteiger partial charge is 0.496 e. The molecule has 0 saturated carbocycles. The van der Waals surface area contributed by atoms with Gasteiger partial charge in [-0.15, -0.1) is 0 Å². The van der Waals surface area contributed by atoms with Gasteiger partial charge in [-0.1, -0.05) is 0 Å². The van der Waals surface area contributed by atoms with E-state index in [2.05, 4.69) is 10.6 Å². The SMILES string of the molecule is COc1cc(OC)c(C(=O)NC(C)C2CCCNC2)cc1OC. The second-order valence-electron chi connectivity index (χ2n) is 5.78. The molecule has 6 nitrogen and oxygen atoms in total. The van der Waals surface area contributed by atoms with Crippen LogP contribution in [-0.2, 0) is 0 Å². The van der Waals surface area contributed by atoms with Crippen molar-refractivity contribution < 1.29 is 19.0 Å². The molecule has 6 heteroatoms. The van der Waals surface area contributed by atoms with Crippen molar-refractivity contribution in [1.29, 1.82) is 0 Å². The lowest BCUT2D eigenvalue weighted by atomic mass is 9.92. The molecule has 0 aromatic heterocycles. The van der Waals surface area contributed by atoms with Gasteiger partial charge in [-0.25, -0.2) is 0 Å². The van der Waals surface area contributed by atoms with Gasteiger partial charge in [0, 0.05) is 18.2 Å². The highest BCUT2D eigenvalue weighted by atomic mass is 16.5. The van der Waals surface area contributed by atoms with Crippen LogP contribution in [0.5, 0.6) is 17.2 Å². The molecule has 128 valence electrons. The monoisotopic (exact) mass is 322 g/mol. The van der Waals surface area contributed by atoms with Gasteiger partial charge < -0.3 is 24.8 Å². The van der Waals surface area contributed by atoms with E-state index in [0.29, 0.717) is 28.7 Å². The van der Waals surface area contributed by atoms with E-state index in [1.54, 1.807) is 26.4 Å². The zero-order chi connectivity index (χ0) is 16.8. The van der Waals surface area contributed by atoms with Gasteiger partial charge in [-0.2, -0.15) is 0 Å². The molecule has 1 aromatic rings. The van der Waals surface area contributed by atoms with E-state index in [1.165, 1.54) is 7.11 Å². The third-order valence-electron chi connectivity index (χ3n) is 4.35. The van der Waals surface area contributed by atoms with Crippen LogP contribution in [0.4, 0.5) is 0 Å². The second-order valence-corrected chi connectivity index (χ2v) is 5.78. The predicted octanol–water partition coefficient (Wildman–Crippen LogP) is 1.83. The average Bonchev–Trinajstić information content (AvgIpc) is 2.60.